The molecule has 0 aromatic carbocycles. The Bertz CT molecular complexity index is 370. The van der Waals surface area contributed by atoms with Crippen molar-refractivity contribution in [3.8, 4) is 0 Å². The lowest BCUT2D eigenvalue weighted by Crippen LogP contribution is -2.23. The normalized spacial score (nSPS) is 20.4. The quantitative estimate of drug-likeness (QED) is 0.827. The Morgan fingerprint density at radius 3 is 3.00 bits per heavy atom. The zero-order valence-electron chi connectivity index (χ0n) is 11.4. The maximum atomic E-state index is 5.38. The lowest BCUT2D eigenvalue weighted by molar-refractivity contribution is 0.107. The van der Waals surface area contributed by atoms with E-state index in [0.717, 1.165) is 50.5 Å². The monoisotopic (exact) mass is 249 g/mol. The minimum Gasteiger partial charge on any atom is -0.380 e. The summed E-state index contributed by atoms with van der Waals surface area (Å²) in [6.07, 6.45) is 1.53. The number of hydrogen-bond donors (Lipinski definition) is 1. The van der Waals surface area contributed by atoms with Crippen molar-refractivity contribution in [3.63, 3.8) is 0 Å². The van der Waals surface area contributed by atoms with Gasteiger partial charge in [-0.25, -0.2) is 0 Å². The molecule has 1 aromatic rings. The van der Waals surface area contributed by atoms with E-state index in [9.17, 15) is 0 Å². The van der Waals surface area contributed by atoms with E-state index in [4.69, 9.17) is 4.74 Å². The second-order valence-electron chi connectivity index (χ2n) is 4.78. The summed E-state index contributed by atoms with van der Waals surface area (Å²) in [4.78, 5) is 7.09. The zero-order chi connectivity index (χ0) is 12.8. The first-order valence-corrected chi connectivity index (χ1v) is 6.72. The fourth-order valence-corrected chi connectivity index (χ4v) is 2.33. The largest absolute Gasteiger partial charge is 0.380 e. The first-order valence-electron chi connectivity index (χ1n) is 6.72. The summed E-state index contributed by atoms with van der Waals surface area (Å²) < 4.78 is 5.38. The number of hydrogen-bond acceptors (Lipinski definition) is 4. The molecule has 1 N–H and O–H groups in total. The Morgan fingerprint density at radius 2 is 2.28 bits per heavy atom. The summed E-state index contributed by atoms with van der Waals surface area (Å²) in [5.74, 6) is 0. The molecule has 4 heteroatoms. The number of aromatic nitrogens is 1. The maximum absolute atomic E-state index is 5.38. The molecule has 100 valence electrons. The molecule has 1 aromatic heterocycles. The van der Waals surface area contributed by atoms with Crippen LogP contribution in [-0.2, 0) is 17.8 Å². The average Bonchev–Trinajstić information content (AvgIpc) is 2.84. The first-order chi connectivity index (χ1) is 8.81. The Hall–Kier alpha value is -0.970. The molecule has 4 nitrogen and oxygen atoms in total. The number of likely N-dealkylation sites (tertiary alicyclic amines) is 1. The molecule has 0 radical (unpaired) electrons. The fraction of sp³-hybridized carbons (Fsp3) is 0.643. The number of rotatable bonds is 6. The van der Waals surface area contributed by atoms with Crippen LogP contribution < -0.4 is 5.32 Å². The van der Waals surface area contributed by atoms with E-state index in [1.54, 1.807) is 7.11 Å². The Morgan fingerprint density at radius 1 is 1.44 bits per heavy atom. The van der Waals surface area contributed by atoms with Crippen LogP contribution in [-0.4, -0.2) is 42.7 Å². The molecule has 0 aliphatic carbocycles. The second kappa shape index (κ2) is 6.83. The number of pyridine rings is 1. The molecule has 1 atom stereocenters. The molecule has 0 bridgehead atoms. The van der Waals surface area contributed by atoms with Crippen LogP contribution in [0.15, 0.2) is 18.2 Å². The van der Waals surface area contributed by atoms with Crippen LogP contribution >= 0.6 is 0 Å². The molecule has 2 heterocycles. The van der Waals surface area contributed by atoms with E-state index in [1.807, 2.05) is 0 Å². The predicted octanol–water partition coefficient (Wildman–Crippen LogP) is 1.41. The Labute approximate surface area is 109 Å². The number of nitrogens with zero attached hydrogens (tertiary/aromatic N) is 2. The SMILES string of the molecule is CCNCc1cccc(CN2CCC(OC)C2)n1. The minimum absolute atomic E-state index is 0.398. The van der Waals surface area contributed by atoms with Gasteiger partial charge in [-0.2, -0.15) is 0 Å². The number of nitrogens with one attached hydrogen (secondary N) is 1. The van der Waals surface area contributed by atoms with E-state index < -0.39 is 0 Å². The van der Waals surface area contributed by atoms with Gasteiger partial charge in [0.1, 0.15) is 0 Å². The van der Waals surface area contributed by atoms with Gasteiger partial charge in [-0.3, -0.25) is 9.88 Å². The highest BCUT2D eigenvalue weighted by Gasteiger charge is 2.22. The standard InChI is InChI=1S/C14H23N3O/c1-3-15-9-12-5-4-6-13(16-12)10-17-8-7-14(11-17)18-2/h4-6,14-15H,3,7-11H2,1-2H3. The van der Waals surface area contributed by atoms with Crippen molar-refractivity contribution in [2.75, 3.05) is 26.7 Å². The maximum Gasteiger partial charge on any atom is 0.0710 e. The van der Waals surface area contributed by atoms with Gasteiger partial charge in [0.25, 0.3) is 0 Å². The second-order valence-corrected chi connectivity index (χ2v) is 4.78. The highest BCUT2D eigenvalue weighted by atomic mass is 16.5. The summed E-state index contributed by atoms with van der Waals surface area (Å²) >= 11 is 0. The van der Waals surface area contributed by atoms with Crippen LogP contribution in [0.25, 0.3) is 0 Å². The van der Waals surface area contributed by atoms with Gasteiger partial charge >= 0.3 is 0 Å². The van der Waals surface area contributed by atoms with E-state index in [0.29, 0.717) is 6.10 Å². The van der Waals surface area contributed by atoms with Gasteiger partial charge in [0.15, 0.2) is 0 Å². The molecule has 18 heavy (non-hydrogen) atoms. The first kappa shape index (κ1) is 13.5. The molecule has 1 saturated heterocycles. The summed E-state index contributed by atoms with van der Waals surface area (Å²) in [7, 11) is 1.80. The Balaban J connectivity index is 1.89. The van der Waals surface area contributed by atoms with Gasteiger partial charge in [-0.1, -0.05) is 13.0 Å². The summed E-state index contributed by atoms with van der Waals surface area (Å²) in [5.41, 5.74) is 2.28. The molecule has 0 saturated carbocycles. The average molecular weight is 249 g/mol. The van der Waals surface area contributed by atoms with Crippen LogP contribution in [0, 0.1) is 0 Å². The molecule has 1 unspecified atom stereocenters. The summed E-state index contributed by atoms with van der Waals surface area (Å²) in [6.45, 7) is 7.00. The van der Waals surface area contributed by atoms with Gasteiger partial charge in [0, 0.05) is 33.3 Å². The van der Waals surface area contributed by atoms with Crippen molar-refractivity contribution in [1.82, 2.24) is 15.2 Å². The molecule has 1 fully saturated rings. The van der Waals surface area contributed by atoms with E-state index >= 15 is 0 Å². The smallest absolute Gasteiger partial charge is 0.0710 e. The van der Waals surface area contributed by atoms with Crippen LogP contribution in [0.5, 0.6) is 0 Å². The van der Waals surface area contributed by atoms with Crippen molar-refractivity contribution < 1.29 is 4.74 Å². The summed E-state index contributed by atoms with van der Waals surface area (Å²) in [6, 6.07) is 6.28. The van der Waals surface area contributed by atoms with Crippen LogP contribution in [0.2, 0.25) is 0 Å². The van der Waals surface area contributed by atoms with Crippen molar-refractivity contribution in [3.05, 3.63) is 29.6 Å². The highest BCUT2D eigenvalue weighted by molar-refractivity contribution is 5.11. The van der Waals surface area contributed by atoms with Gasteiger partial charge in [0.2, 0.25) is 0 Å². The molecule has 1 aliphatic rings. The topological polar surface area (TPSA) is 37.4 Å². The number of ether oxygens (including phenoxy) is 1. The summed E-state index contributed by atoms with van der Waals surface area (Å²) in [5, 5.41) is 3.31. The molecule has 0 spiro atoms. The van der Waals surface area contributed by atoms with Crippen LogP contribution in [0.4, 0.5) is 0 Å². The predicted molar refractivity (Wildman–Crippen MR) is 72.3 cm³/mol. The van der Waals surface area contributed by atoms with E-state index in [2.05, 4.69) is 40.3 Å². The molecule has 0 amide bonds. The van der Waals surface area contributed by atoms with Gasteiger partial charge in [-0.05, 0) is 25.1 Å². The van der Waals surface area contributed by atoms with Crippen LogP contribution in [0.1, 0.15) is 24.7 Å². The van der Waals surface area contributed by atoms with E-state index in [1.165, 1.54) is 0 Å². The van der Waals surface area contributed by atoms with Crippen molar-refractivity contribution >= 4 is 0 Å². The fourth-order valence-electron chi connectivity index (χ4n) is 2.33. The molecular weight excluding hydrogens is 226 g/mol. The van der Waals surface area contributed by atoms with Gasteiger partial charge in [0.05, 0.1) is 17.5 Å². The third kappa shape index (κ3) is 3.77. The van der Waals surface area contributed by atoms with Crippen molar-refractivity contribution in [1.29, 1.82) is 0 Å². The van der Waals surface area contributed by atoms with Crippen LogP contribution in [0.3, 0.4) is 0 Å². The molecule has 1 aliphatic heterocycles. The van der Waals surface area contributed by atoms with Crippen molar-refractivity contribution in [2.24, 2.45) is 0 Å². The van der Waals surface area contributed by atoms with Gasteiger partial charge in [-0.15, -0.1) is 0 Å². The lowest BCUT2D eigenvalue weighted by atomic mass is 10.3. The third-order valence-corrected chi connectivity index (χ3v) is 3.37. The van der Waals surface area contributed by atoms with E-state index in [-0.39, 0.29) is 0 Å². The van der Waals surface area contributed by atoms with Gasteiger partial charge < -0.3 is 10.1 Å². The number of methoxy groups -OCH3 is 1. The lowest BCUT2D eigenvalue weighted by Gasteiger charge is -2.15. The molecule has 2 rings (SSSR count). The third-order valence-electron chi connectivity index (χ3n) is 3.37. The zero-order valence-corrected chi connectivity index (χ0v) is 11.4. The minimum atomic E-state index is 0.398. The molecular formula is C14H23N3O. The van der Waals surface area contributed by atoms with Crippen molar-refractivity contribution in [2.45, 2.75) is 32.5 Å². The Kier molecular flexibility index (Phi) is 5.11. The highest BCUT2D eigenvalue weighted by Crippen LogP contribution is 2.14.